The van der Waals surface area contributed by atoms with E-state index in [0.717, 1.165) is 5.75 Å². The third-order valence-corrected chi connectivity index (χ3v) is 3.24. The third-order valence-electron chi connectivity index (χ3n) is 2.20. The lowest BCUT2D eigenvalue weighted by Crippen LogP contribution is -2.46. The summed E-state index contributed by atoms with van der Waals surface area (Å²) >= 11 is 1.63. The quantitative estimate of drug-likeness (QED) is 0.548. The van der Waals surface area contributed by atoms with E-state index in [9.17, 15) is 9.59 Å². The van der Waals surface area contributed by atoms with Crippen LogP contribution in [0.1, 0.15) is 48.0 Å². The van der Waals surface area contributed by atoms with E-state index in [4.69, 9.17) is 15.2 Å². The number of nitrogens with two attached hydrogens (primary N) is 1. The van der Waals surface area contributed by atoms with Crippen LogP contribution in [0.5, 0.6) is 0 Å². The second-order valence-corrected chi connectivity index (χ2v) is 8.15. The Labute approximate surface area is 137 Å². The van der Waals surface area contributed by atoms with Crippen LogP contribution < -0.4 is 11.1 Å². The van der Waals surface area contributed by atoms with Gasteiger partial charge >= 0.3 is 12.1 Å². The average Bonchev–Trinajstić information content (AvgIpc) is 2.28. The minimum atomic E-state index is -0.723. The van der Waals surface area contributed by atoms with Crippen molar-refractivity contribution in [1.29, 1.82) is 0 Å². The molecule has 0 fully saturated rings. The van der Waals surface area contributed by atoms with Crippen LogP contribution in [0.15, 0.2) is 0 Å². The highest BCUT2D eigenvalue weighted by Gasteiger charge is 2.28. The van der Waals surface area contributed by atoms with Crippen LogP contribution >= 0.6 is 11.8 Å². The number of esters is 1. The van der Waals surface area contributed by atoms with Gasteiger partial charge in [0.25, 0.3) is 0 Å². The van der Waals surface area contributed by atoms with Crippen LogP contribution in [0.3, 0.4) is 0 Å². The fraction of sp³-hybridized carbons (Fsp3) is 0.867. The number of ether oxygens (including phenoxy) is 2. The molecule has 3 N–H and O–H groups in total. The number of carbonyl (C=O) groups excluding carboxylic acids is 2. The highest BCUT2D eigenvalue weighted by Crippen LogP contribution is 2.13. The van der Waals surface area contributed by atoms with Crippen LogP contribution in [0.2, 0.25) is 0 Å². The van der Waals surface area contributed by atoms with Gasteiger partial charge in [0.1, 0.15) is 17.2 Å². The van der Waals surface area contributed by atoms with Gasteiger partial charge in [-0.2, -0.15) is 11.8 Å². The molecule has 1 amide bonds. The molecule has 0 aromatic carbocycles. The molecule has 0 aromatic rings. The van der Waals surface area contributed by atoms with E-state index in [1.54, 1.807) is 53.3 Å². The average molecular weight is 334 g/mol. The van der Waals surface area contributed by atoms with Gasteiger partial charge in [-0.15, -0.1) is 0 Å². The number of thioether (sulfide) groups is 1. The molecule has 0 spiro atoms. The van der Waals surface area contributed by atoms with Gasteiger partial charge in [0, 0.05) is 12.3 Å². The minimum absolute atomic E-state index is 0.452. The number of nitrogens with one attached hydrogen (secondary N) is 1. The summed E-state index contributed by atoms with van der Waals surface area (Å²) in [6.45, 7) is 11.3. The Morgan fingerprint density at radius 2 is 1.59 bits per heavy atom. The van der Waals surface area contributed by atoms with Crippen molar-refractivity contribution in [3.8, 4) is 0 Å². The highest BCUT2D eigenvalue weighted by molar-refractivity contribution is 7.99. The first-order valence-electron chi connectivity index (χ1n) is 7.45. The van der Waals surface area contributed by atoms with Crippen molar-refractivity contribution >= 4 is 23.8 Å². The van der Waals surface area contributed by atoms with Crippen molar-refractivity contribution in [1.82, 2.24) is 5.32 Å². The van der Waals surface area contributed by atoms with Gasteiger partial charge in [0.05, 0.1) is 0 Å². The molecule has 130 valence electrons. The predicted octanol–water partition coefficient (Wildman–Crippen LogP) is 2.30. The normalized spacial score (nSPS) is 13.4. The summed E-state index contributed by atoms with van der Waals surface area (Å²) in [4.78, 5) is 24.1. The molecule has 0 rings (SSSR count). The van der Waals surface area contributed by atoms with Gasteiger partial charge in [-0.05, 0) is 53.7 Å². The van der Waals surface area contributed by atoms with Gasteiger partial charge < -0.3 is 20.5 Å². The summed E-state index contributed by atoms with van der Waals surface area (Å²) in [7, 11) is 0. The van der Waals surface area contributed by atoms with E-state index in [1.165, 1.54) is 0 Å². The van der Waals surface area contributed by atoms with Gasteiger partial charge in [0.2, 0.25) is 0 Å². The van der Waals surface area contributed by atoms with Crippen molar-refractivity contribution in [3.05, 3.63) is 0 Å². The fourth-order valence-corrected chi connectivity index (χ4v) is 2.23. The van der Waals surface area contributed by atoms with E-state index < -0.39 is 29.3 Å². The van der Waals surface area contributed by atoms with Crippen molar-refractivity contribution in [2.24, 2.45) is 5.73 Å². The number of amides is 1. The van der Waals surface area contributed by atoms with Crippen molar-refractivity contribution in [3.63, 3.8) is 0 Å². The Hall–Kier alpha value is -0.950. The predicted molar refractivity (Wildman–Crippen MR) is 90.0 cm³/mol. The lowest BCUT2D eigenvalue weighted by Gasteiger charge is -2.26. The Kier molecular flexibility index (Phi) is 8.85. The molecule has 0 heterocycles. The summed E-state index contributed by atoms with van der Waals surface area (Å²) in [6.07, 6.45) is -0.147. The van der Waals surface area contributed by atoms with Gasteiger partial charge in [0.15, 0.2) is 0 Å². The molecule has 0 aliphatic rings. The molecule has 0 saturated carbocycles. The Bertz CT molecular complexity index is 362. The van der Waals surface area contributed by atoms with Crippen molar-refractivity contribution < 1.29 is 19.1 Å². The molecule has 6 nitrogen and oxygen atoms in total. The summed E-state index contributed by atoms with van der Waals surface area (Å²) in [5, 5.41) is 2.59. The molecule has 22 heavy (non-hydrogen) atoms. The van der Waals surface area contributed by atoms with E-state index in [2.05, 4.69) is 5.32 Å². The molecule has 1 atom stereocenters. The number of hydrogen-bond acceptors (Lipinski definition) is 6. The highest BCUT2D eigenvalue weighted by atomic mass is 32.2. The molecule has 0 saturated heterocycles. The smallest absolute Gasteiger partial charge is 0.408 e. The van der Waals surface area contributed by atoms with E-state index in [0.29, 0.717) is 18.7 Å². The zero-order valence-electron chi connectivity index (χ0n) is 14.5. The summed E-state index contributed by atoms with van der Waals surface area (Å²) < 4.78 is 10.5. The van der Waals surface area contributed by atoms with Gasteiger partial charge in [-0.25, -0.2) is 9.59 Å². The maximum atomic E-state index is 12.2. The molecule has 0 aromatic heterocycles. The zero-order chi connectivity index (χ0) is 17.4. The van der Waals surface area contributed by atoms with Crippen LogP contribution in [0, 0.1) is 0 Å². The second kappa shape index (κ2) is 9.25. The number of rotatable bonds is 7. The SMILES string of the molecule is CC(C)(C)OC(=O)N[C@@H](CCSCCN)C(=O)OC(C)(C)C. The molecule has 0 aliphatic carbocycles. The van der Waals surface area contributed by atoms with Crippen molar-refractivity contribution in [2.45, 2.75) is 65.2 Å². The maximum Gasteiger partial charge on any atom is 0.408 e. The lowest BCUT2D eigenvalue weighted by molar-refractivity contribution is -0.157. The molecule has 0 radical (unpaired) electrons. The zero-order valence-corrected chi connectivity index (χ0v) is 15.3. The molecular formula is C15H30N2O4S. The maximum absolute atomic E-state index is 12.2. The largest absolute Gasteiger partial charge is 0.458 e. The second-order valence-electron chi connectivity index (χ2n) is 6.92. The number of alkyl carbamates (subject to hydrolysis) is 1. The van der Waals surface area contributed by atoms with Crippen LogP contribution in [-0.4, -0.2) is 47.4 Å². The van der Waals surface area contributed by atoms with Crippen LogP contribution in [0.4, 0.5) is 4.79 Å². The van der Waals surface area contributed by atoms with E-state index in [-0.39, 0.29) is 0 Å². The number of hydrogen-bond donors (Lipinski definition) is 2. The Morgan fingerprint density at radius 1 is 1.05 bits per heavy atom. The monoisotopic (exact) mass is 334 g/mol. The third kappa shape index (κ3) is 11.7. The fourth-order valence-electron chi connectivity index (χ4n) is 1.46. The molecule has 0 bridgehead atoms. The summed E-state index contributed by atoms with van der Waals surface area (Å²) in [5.41, 5.74) is 4.22. The molecule has 0 unspecified atom stereocenters. The molecular weight excluding hydrogens is 304 g/mol. The first-order chi connectivity index (χ1) is 9.94. The first-order valence-corrected chi connectivity index (χ1v) is 8.60. The number of carbonyl (C=O) groups is 2. The first kappa shape index (κ1) is 21.0. The minimum Gasteiger partial charge on any atom is -0.458 e. The lowest BCUT2D eigenvalue weighted by atomic mass is 10.1. The van der Waals surface area contributed by atoms with Crippen LogP contribution in [-0.2, 0) is 14.3 Å². The van der Waals surface area contributed by atoms with Gasteiger partial charge in [-0.3, -0.25) is 0 Å². The molecule has 7 heteroatoms. The van der Waals surface area contributed by atoms with Crippen molar-refractivity contribution in [2.75, 3.05) is 18.1 Å². The standard InChI is InChI=1S/C15H30N2O4S/c1-14(2,3)20-12(18)11(7-9-22-10-8-16)17-13(19)21-15(4,5)6/h11H,7-10,16H2,1-6H3,(H,17,19)/t11-/m0/s1. The van der Waals surface area contributed by atoms with E-state index in [1.807, 2.05) is 0 Å². The Balaban J connectivity index is 4.64. The van der Waals surface area contributed by atoms with E-state index >= 15 is 0 Å². The Morgan fingerprint density at radius 3 is 2.05 bits per heavy atom. The summed E-state index contributed by atoms with van der Waals surface area (Å²) in [5.74, 6) is 1.07. The summed E-state index contributed by atoms with van der Waals surface area (Å²) in [6, 6.07) is -0.723. The molecule has 0 aliphatic heterocycles. The topological polar surface area (TPSA) is 90.6 Å². The van der Waals surface area contributed by atoms with Crippen LogP contribution in [0.25, 0.3) is 0 Å². The van der Waals surface area contributed by atoms with Gasteiger partial charge in [-0.1, -0.05) is 0 Å².